The number of aryl methyl sites for hydroxylation is 3. The fourth-order valence-electron chi connectivity index (χ4n) is 3.06. The molecule has 0 radical (unpaired) electrons. The van der Waals surface area contributed by atoms with Crippen LogP contribution in [0.3, 0.4) is 0 Å². The molecule has 0 aliphatic rings. The summed E-state index contributed by atoms with van der Waals surface area (Å²) >= 11 is 1.59. The van der Waals surface area contributed by atoms with Crippen molar-refractivity contribution in [3.8, 4) is 0 Å². The predicted octanol–water partition coefficient (Wildman–Crippen LogP) is 4.36. The maximum atomic E-state index is 13.2. The van der Waals surface area contributed by atoms with Crippen LogP contribution >= 0.6 is 11.3 Å². The first-order chi connectivity index (χ1) is 12.8. The molecule has 2 aromatic carbocycles. The van der Waals surface area contributed by atoms with Crippen LogP contribution in [0, 0.1) is 20.8 Å². The van der Waals surface area contributed by atoms with E-state index in [0.29, 0.717) is 13.0 Å². The van der Waals surface area contributed by atoms with Crippen molar-refractivity contribution >= 4 is 32.6 Å². The van der Waals surface area contributed by atoms with Gasteiger partial charge in [-0.3, -0.25) is 9.69 Å². The van der Waals surface area contributed by atoms with Crippen LogP contribution < -0.4 is 4.90 Å². The van der Waals surface area contributed by atoms with Crippen LogP contribution in [0.15, 0.2) is 36.4 Å². The summed E-state index contributed by atoms with van der Waals surface area (Å²) in [7, 11) is 4.04. The van der Waals surface area contributed by atoms with Gasteiger partial charge in [0.05, 0.1) is 16.6 Å². The molecule has 1 heterocycles. The largest absolute Gasteiger partial charge is 0.308 e. The topological polar surface area (TPSA) is 36.4 Å². The lowest BCUT2D eigenvalue weighted by Crippen LogP contribution is -2.37. The van der Waals surface area contributed by atoms with Gasteiger partial charge in [0.1, 0.15) is 0 Å². The van der Waals surface area contributed by atoms with E-state index >= 15 is 0 Å². The standard InChI is InChI=1S/C22H27N3OS/c1-15-6-8-18(17(3)12-15)14-21(26)25(11-10-24(4)5)22-23-19-9-7-16(2)13-20(19)27-22/h6-9,12-13H,10-11,14H2,1-5H3. The molecule has 0 bridgehead atoms. The normalized spacial score (nSPS) is 11.3. The van der Waals surface area contributed by atoms with Crippen molar-refractivity contribution in [2.24, 2.45) is 0 Å². The molecular formula is C22H27N3OS. The molecule has 3 aromatic rings. The van der Waals surface area contributed by atoms with Crippen LogP contribution in [0.4, 0.5) is 5.13 Å². The molecule has 142 valence electrons. The number of hydrogen-bond donors (Lipinski definition) is 0. The number of likely N-dealkylation sites (N-methyl/N-ethyl adjacent to an activating group) is 1. The van der Waals surface area contributed by atoms with Crippen LogP contribution in [0.25, 0.3) is 10.2 Å². The Morgan fingerprint density at radius 3 is 2.41 bits per heavy atom. The molecule has 0 spiro atoms. The Morgan fingerprint density at radius 1 is 1.00 bits per heavy atom. The smallest absolute Gasteiger partial charge is 0.233 e. The van der Waals surface area contributed by atoms with Gasteiger partial charge < -0.3 is 4.90 Å². The second-order valence-electron chi connectivity index (χ2n) is 7.42. The molecule has 5 heteroatoms. The lowest BCUT2D eigenvalue weighted by molar-refractivity contribution is -0.118. The summed E-state index contributed by atoms with van der Waals surface area (Å²) in [4.78, 5) is 21.9. The molecule has 0 saturated carbocycles. The summed E-state index contributed by atoms with van der Waals surface area (Å²) in [6, 6.07) is 12.5. The average Bonchev–Trinajstić information content (AvgIpc) is 3.00. The number of anilines is 1. The molecule has 0 atom stereocenters. The summed E-state index contributed by atoms with van der Waals surface area (Å²) in [6.07, 6.45) is 0.397. The number of rotatable bonds is 6. The molecule has 0 unspecified atom stereocenters. The quantitative estimate of drug-likeness (QED) is 0.637. The highest BCUT2D eigenvalue weighted by molar-refractivity contribution is 7.22. The SMILES string of the molecule is Cc1ccc(CC(=O)N(CCN(C)C)c2nc3ccc(C)cc3s2)c(C)c1. The van der Waals surface area contributed by atoms with Gasteiger partial charge in [-0.2, -0.15) is 0 Å². The highest BCUT2D eigenvalue weighted by atomic mass is 32.1. The number of carbonyl (C=O) groups is 1. The fourth-order valence-corrected chi connectivity index (χ4v) is 4.17. The van der Waals surface area contributed by atoms with Gasteiger partial charge in [-0.1, -0.05) is 41.2 Å². The van der Waals surface area contributed by atoms with E-state index in [9.17, 15) is 4.79 Å². The third-order valence-corrected chi connectivity index (χ3v) is 5.72. The van der Waals surface area contributed by atoms with Crippen molar-refractivity contribution in [1.82, 2.24) is 9.88 Å². The van der Waals surface area contributed by atoms with Crippen LogP contribution in [0.2, 0.25) is 0 Å². The monoisotopic (exact) mass is 381 g/mol. The van der Waals surface area contributed by atoms with Crippen LogP contribution in [-0.2, 0) is 11.2 Å². The zero-order chi connectivity index (χ0) is 19.6. The molecule has 0 aliphatic heterocycles. The second-order valence-corrected chi connectivity index (χ2v) is 8.43. The van der Waals surface area contributed by atoms with Crippen molar-refractivity contribution in [1.29, 1.82) is 0 Å². The summed E-state index contributed by atoms with van der Waals surface area (Å²) in [5.74, 6) is 0.0968. The fraction of sp³-hybridized carbons (Fsp3) is 0.364. The van der Waals surface area contributed by atoms with Gasteiger partial charge in [-0.05, 0) is 63.7 Å². The van der Waals surface area contributed by atoms with Crippen molar-refractivity contribution in [3.05, 3.63) is 58.7 Å². The van der Waals surface area contributed by atoms with Gasteiger partial charge in [0.15, 0.2) is 5.13 Å². The molecular weight excluding hydrogens is 354 g/mol. The number of fused-ring (bicyclic) bond motifs is 1. The average molecular weight is 382 g/mol. The Labute approximate surface area is 165 Å². The summed E-state index contributed by atoms with van der Waals surface area (Å²) in [5.41, 5.74) is 5.62. The molecule has 27 heavy (non-hydrogen) atoms. The van der Waals surface area contributed by atoms with Gasteiger partial charge in [0.2, 0.25) is 5.91 Å². The predicted molar refractivity (Wildman–Crippen MR) is 115 cm³/mol. The first-order valence-corrected chi connectivity index (χ1v) is 10.0. The zero-order valence-corrected chi connectivity index (χ0v) is 17.6. The molecule has 0 fully saturated rings. The summed E-state index contributed by atoms with van der Waals surface area (Å²) in [5, 5.41) is 0.784. The van der Waals surface area contributed by atoms with E-state index in [1.54, 1.807) is 11.3 Å². The zero-order valence-electron chi connectivity index (χ0n) is 16.7. The first kappa shape index (κ1) is 19.5. The lowest BCUT2D eigenvalue weighted by atomic mass is 10.0. The Bertz CT molecular complexity index is 961. The minimum atomic E-state index is 0.0968. The highest BCUT2D eigenvalue weighted by Crippen LogP contribution is 2.30. The van der Waals surface area contributed by atoms with Crippen molar-refractivity contribution in [2.45, 2.75) is 27.2 Å². The minimum absolute atomic E-state index is 0.0968. The number of hydrogen-bond acceptors (Lipinski definition) is 4. The first-order valence-electron chi connectivity index (χ1n) is 9.22. The number of aromatic nitrogens is 1. The van der Waals surface area contributed by atoms with Gasteiger partial charge in [0.25, 0.3) is 0 Å². The van der Waals surface area contributed by atoms with E-state index in [0.717, 1.165) is 33.0 Å². The van der Waals surface area contributed by atoms with Gasteiger partial charge in [0, 0.05) is 13.1 Å². The van der Waals surface area contributed by atoms with Crippen molar-refractivity contribution < 1.29 is 4.79 Å². The number of amides is 1. The summed E-state index contributed by atoms with van der Waals surface area (Å²) in [6.45, 7) is 7.66. The number of benzene rings is 2. The van der Waals surface area contributed by atoms with E-state index in [-0.39, 0.29) is 5.91 Å². The Hall–Kier alpha value is -2.24. The second kappa shape index (κ2) is 8.19. The van der Waals surface area contributed by atoms with Gasteiger partial charge in [-0.25, -0.2) is 4.98 Å². The molecule has 0 aliphatic carbocycles. The molecule has 1 amide bonds. The van der Waals surface area contributed by atoms with E-state index in [1.165, 1.54) is 11.1 Å². The Morgan fingerprint density at radius 2 is 1.70 bits per heavy atom. The third kappa shape index (κ3) is 4.73. The van der Waals surface area contributed by atoms with Gasteiger partial charge in [-0.15, -0.1) is 0 Å². The molecule has 0 N–H and O–H groups in total. The number of nitrogens with zero attached hydrogens (tertiary/aromatic N) is 3. The third-order valence-electron chi connectivity index (χ3n) is 4.68. The lowest BCUT2D eigenvalue weighted by Gasteiger charge is -2.22. The molecule has 1 aromatic heterocycles. The van der Waals surface area contributed by atoms with Crippen molar-refractivity contribution in [3.63, 3.8) is 0 Å². The number of thiazole rings is 1. The minimum Gasteiger partial charge on any atom is -0.308 e. The van der Waals surface area contributed by atoms with Crippen LogP contribution in [0.5, 0.6) is 0 Å². The maximum Gasteiger partial charge on any atom is 0.233 e. The van der Waals surface area contributed by atoms with E-state index in [2.05, 4.69) is 56.0 Å². The van der Waals surface area contributed by atoms with Crippen LogP contribution in [-0.4, -0.2) is 43.0 Å². The van der Waals surface area contributed by atoms with Crippen molar-refractivity contribution in [2.75, 3.05) is 32.1 Å². The number of carbonyl (C=O) groups excluding carboxylic acids is 1. The van der Waals surface area contributed by atoms with E-state index in [4.69, 9.17) is 4.98 Å². The molecule has 0 saturated heterocycles. The van der Waals surface area contributed by atoms with E-state index < -0.39 is 0 Å². The Kier molecular flexibility index (Phi) is 5.92. The van der Waals surface area contributed by atoms with Gasteiger partial charge >= 0.3 is 0 Å². The highest BCUT2D eigenvalue weighted by Gasteiger charge is 2.20. The molecule has 4 nitrogen and oxygen atoms in total. The maximum absolute atomic E-state index is 13.2. The Balaban J connectivity index is 1.90. The van der Waals surface area contributed by atoms with Crippen LogP contribution in [0.1, 0.15) is 22.3 Å². The molecule has 3 rings (SSSR count). The van der Waals surface area contributed by atoms with E-state index in [1.807, 2.05) is 25.1 Å². The summed E-state index contributed by atoms with van der Waals surface area (Å²) < 4.78 is 1.12.